The van der Waals surface area contributed by atoms with Crippen LogP contribution in [0.1, 0.15) is 33.4 Å². The zero-order chi connectivity index (χ0) is 16.3. The van der Waals surface area contributed by atoms with E-state index in [1.165, 1.54) is 11.0 Å². The van der Waals surface area contributed by atoms with E-state index in [0.29, 0.717) is 0 Å². The van der Waals surface area contributed by atoms with Crippen LogP contribution in [0.3, 0.4) is 0 Å². The molecule has 0 saturated carbocycles. The third kappa shape index (κ3) is 4.31. The fourth-order valence-electron chi connectivity index (χ4n) is 2.59. The van der Waals surface area contributed by atoms with Crippen LogP contribution < -0.4 is 0 Å². The Morgan fingerprint density at radius 1 is 0.864 bits per heavy atom. The van der Waals surface area contributed by atoms with Gasteiger partial charge in [0.2, 0.25) is 0 Å². The van der Waals surface area contributed by atoms with E-state index >= 15 is 0 Å². The van der Waals surface area contributed by atoms with Gasteiger partial charge in [0.05, 0.1) is 5.75 Å². The quantitative estimate of drug-likeness (QED) is 0.832. The van der Waals surface area contributed by atoms with Gasteiger partial charge in [-0.2, -0.15) is 0 Å². The molecule has 0 aromatic heterocycles. The van der Waals surface area contributed by atoms with Crippen molar-refractivity contribution in [2.75, 3.05) is 0 Å². The first kappa shape index (κ1) is 16.5. The molecule has 0 bridgehead atoms. The SMILES string of the molecule is Cc1ccc(CS(=O)(=O)/C=C/c2c(C)cc(C)cc2C)cc1. The highest BCUT2D eigenvalue weighted by molar-refractivity contribution is 7.93. The van der Waals surface area contributed by atoms with Crippen LogP contribution in [-0.4, -0.2) is 8.42 Å². The number of hydrogen-bond donors (Lipinski definition) is 0. The van der Waals surface area contributed by atoms with Crippen LogP contribution in [0.2, 0.25) is 0 Å². The third-order valence-corrected chi connectivity index (χ3v) is 4.95. The van der Waals surface area contributed by atoms with Crippen molar-refractivity contribution in [3.05, 3.63) is 75.2 Å². The maximum Gasteiger partial charge on any atom is 0.175 e. The Morgan fingerprint density at radius 3 is 1.95 bits per heavy atom. The van der Waals surface area contributed by atoms with E-state index < -0.39 is 9.84 Å². The van der Waals surface area contributed by atoms with E-state index in [4.69, 9.17) is 0 Å². The Labute approximate surface area is 133 Å². The zero-order valence-corrected chi connectivity index (χ0v) is 14.4. The fourth-order valence-corrected chi connectivity index (χ4v) is 3.69. The lowest BCUT2D eigenvalue weighted by atomic mass is 10.0. The molecule has 2 nitrogen and oxygen atoms in total. The monoisotopic (exact) mass is 314 g/mol. The van der Waals surface area contributed by atoms with E-state index in [2.05, 4.69) is 12.1 Å². The molecule has 0 aliphatic carbocycles. The second-order valence-corrected chi connectivity index (χ2v) is 7.79. The van der Waals surface area contributed by atoms with E-state index in [1.54, 1.807) is 6.08 Å². The lowest BCUT2D eigenvalue weighted by molar-refractivity contribution is 0.604. The van der Waals surface area contributed by atoms with Crippen molar-refractivity contribution in [2.24, 2.45) is 0 Å². The molecule has 2 aromatic rings. The molecule has 0 heterocycles. The number of sulfone groups is 1. The first-order valence-corrected chi connectivity index (χ1v) is 9.02. The summed E-state index contributed by atoms with van der Waals surface area (Å²) in [6, 6.07) is 11.7. The molecular formula is C19H22O2S. The fraction of sp³-hybridized carbons (Fsp3) is 0.263. The largest absolute Gasteiger partial charge is 0.224 e. The Bertz CT molecular complexity index is 775. The van der Waals surface area contributed by atoms with Gasteiger partial charge in [-0.05, 0) is 56.0 Å². The smallest absolute Gasteiger partial charge is 0.175 e. The Kier molecular flexibility index (Phi) is 4.87. The van der Waals surface area contributed by atoms with E-state index in [1.807, 2.05) is 52.0 Å². The first-order chi connectivity index (χ1) is 10.3. The number of aryl methyl sites for hydroxylation is 4. The van der Waals surface area contributed by atoms with Gasteiger partial charge in [0.25, 0.3) is 0 Å². The maximum atomic E-state index is 12.3. The average molecular weight is 314 g/mol. The van der Waals surface area contributed by atoms with Gasteiger partial charge in [0.1, 0.15) is 0 Å². The molecule has 0 aliphatic heterocycles. The number of hydrogen-bond acceptors (Lipinski definition) is 2. The Hall–Kier alpha value is -1.87. The van der Waals surface area contributed by atoms with Crippen molar-refractivity contribution >= 4 is 15.9 Å². The summed E-state index contributed by atoms with van der Waals surface area (Å²) in [5.41, 5.74) is 6.31. The predicted octanol–water partition coefficient (Wildman–Crippen LogP) is 4.51. The summed E-state index contributed by atoms with van der Waals surface area (Å²) < 4.78 is 24.5. The van der Waals surface area contributed by atoms with Crippen molar-refractivity contribution in [3.8, 4) is 0 Å². The van der Waals surface area contributed by atoms with Crippen molar-refractivity contribution in [3.63, 3.8) is 0 Å². The summed E-state index contributed by atoms with van der Waals surface area (Å²) in [7, 11) is -3.27. The Morgan fingerprint density at radius 2 is 1.41 bits per heavy atom. The van der Waals surface area contributed by atoms with Crippen LogP contribution in [0.25, 0.3) is 6.08 Å². The molecule has 2 rings (SSSR count). The van der Waals surface area contributed by atoms with Gasteiger partial charge >= 0.3 is 0 Å². The van der Waals surface area contributed by atoms with Crippen molar-refractivity contribution < 1.29 is 8.42 Å². The van der Waals surface area contributed by atoms with Gasteiger partial charge in [-0.1, -0.05) is 47.5 Å². The van der Waals surface area contributed by atoms with E-state index in [-0.39, 0.29) is 5.75 Å². The summed E-state index contributed by atoms with van der Waals surface area (Å²) >= 11 is 0. The highest BCUT2D eigenvalue weighted by Gasteiger charge is 2.09. The molecular weight excluding hydrogens is 292 g/mol. The van der Waals surface area contributed by atoms with Crippen LogP contribution in [-0.2, 0) is 15.6 Å². The number of rotatable bonds is 4. The predicted molar refractivity (Wildman–Crippen MR) is 93.5 cm³/mol. The van der Waals surface area contributed by atoms with E-state index in [9.17, 15) is 8.42 Å². The molecule has 0 amide bonds. The van der Waals surface area contributed by atoms with Crippen molar-refractivity contribution in [2.45, 2.75) is 33.4 Å². The van der Waals surface area contributed by atoms with Gasteiger partial charge in [0, 0.05) is 5.41 Å². The molecule has 0 unspecified atom stereocenters. The molecule has 22 heavy (non-hydrogen) atoms. The topological polar surface area (TPSA) is 34.1 Å². The first-order valence-electron chi connectivity index (χ1n) is 7.31. The molecule has 0 saturated heterocycles. The van der Waals surface area contributed by atoms with Gasteiger partial charge in [-0.3, -0.25) is 0 Å². The molecule has 0 aliphatic rings. The second kappa shape index (κ2) is 6.49. The third-order valence-electron chi connectivity index (χ3n) is 3.67. The summed E-state index contributed by atoms with van der Waals surface area (Å²) in [5, 5.41) is 1.33. The normalized spacial score (nSPS) is 12.0. The van der Waals surface area contributed by atoms with E-state index in [0.717, 1.165) is 27.8 Å². The highest BCUT2D eigenvalue weighted by Crippen LogP contribution is 2.19. The number of benzene rings is 2. The molecule has 0 radical (unpaired) electrons. The zero-order valence-electron chi connectivity index (χ0n) is 13.6. The van der Waals surface area contributed by atoms with Crippen LogP contribution in [0, 0.1) is 27.7 Å². The van der Waals surface area contributed by atoms with Crippen molar-refractivity contribution in [1.82, 2.24) is 0 Å². The van der Waals surface area contributed by atoms with Crippen molar-refractivity contribution in [1.29, 1.82) is 0 Å². The summed E-state index contributed by atoms with van der Waals surface area (Å²) in [5.74, 6) is 0.0355. The maximum absolute atomic E-state index is 12.3. The van der Waals surface area contributed by atoms with Gasteiger partial charge in [0.15, 0.2) is 9.84 Å². The van der Waals surface area contributed by atoms with Crippen LogP contribution >= 0.6 is 0 Å². The minimum absolute atomic E-state index is 0.0355. The minimum atomic E-state index is -3.27. The standard InChI is InChI=1S/C19H22O2S/c1-14-5-7-18(8-6-14)13-22(20,21)10-9-19-16(3)11-15(2)12-17(19)4/h5-12H,13H2,1-4H3/b10-9+. The minimum Gasteiger partial charge on any atom is -0.224 e. The van der Waals surface area contributed by atoms with Gasteiger partial charge in [-0.15, -0.1) is 0 Å². The summed E-state index contributed by atoms with van der Waals surface area (Å²) in [6.45, 7) is 8.04. The Balaban J connectivity index is 2.23. The molecule has 3 heteroatoms. The van der Waals surface area contributed by atoms with Crippen LogP contribution in [0.4, 0.5) is 0 Å². The molecule has 0 fully saturated rings. The molecule has 116 valence electrons. The van der Waals surface area contributed by atoms with Gasteiger partial charge in [-0.25, -0.2) is 8.42 Å². The molecule has 0 atom stereocenters. The lowest BCUT2D eigenvalue weighted by Crippen LogP contribution is -2.00. The van der Waals surface area contributed by atoms with Crippen LogP contribution in [0.15, 0.2) is 41.8 Å². The summed E-state index contributed by atoms with van der Waals surface area (Å²) in [6.07, 6.45) is 1.72. The molecule has 0 spiro atoms. The van der Waals surface area contributed by atoms with Gasteiger partial charge < -0.3 is 0 Å². The molecule has 0 N–H and O–H groups in total. The summed E-state index contributed by atoms with van der Waals surface area (Å²) in [4.78, 5) is 0. The highest BCUT2D eigenvalue weighted by atomic mass is 32.2. The van der Waals surface area contributed by atoms with Crippen LogP contribution in [0.5, 0.6) is 0 Å². The lowest BCUT2D eigenvalue weighted by Gasteiger charge is -2.07. The average Bonchev–Trinajstić information content (AvgIpc) is 2.40. The second-order valence-electron chi connectivity index (χ2n) is 5.91. The molecule has 2 aromatic carbocycles.